The van der Waals surface area contributed by atoms with Crippen LogP contribution in [0.4, 0.5) is 0 Å². The van der Waals surface area contributed by atoms with Crippen LogP contribution in [-0.2, 0) is 0 Å². The van der Waals surface area contributed by atoms with Gasteiger partial charge in [0.15, 0.2) is 0 Å². The van der Waals surface area contributed by atoms with Crippen LogP contribution in [0.2, 0.25) is 0 Å². The third kappa shape index (κ3) is 2.24. The number of thiazole rings is 1. The first-order chi connectivity index (χ1) is 8.83. The monoisotopic (exact) mass is 264 g/mol. The van der Waals surface area contributed by atoms with Gasteiger partial charge in [-0.1, -0.05) is 11.3 Å². The number of likely N-dealkylation sites (tertiary alicyclic amines) is 1. The van der Waals surface area contributed by atoms with E-state index < -0.39 is 0 Å². The summed E-state index contributed by atoms with van der Waals surface area (Å²) < 4.78 is 10.6. The number of amides is 1. The number of ether oxygens (including phenoxy) is 1. The van der Waals surface area contributed by atoms with Gasteiger partial charge in [0.1, 0.15) is 12.4 Å². The number of hydrogen-bond acceptors (Lipinski definition) is 5. The molecular formula is C12H12N2O3S. The minimum Gasteiger partial charge on any atom is -0.472 e. The summed E-state index contributed by atoms with van der Waals surface area (Å²) in [6, 6.07) is 1.68. The Balaban J connectivity index is 1.60. The number of carbonyl (C=O) groups excluding carboxylic acids is 1. The number of aromatic nitrogens is 1. The molecule has 0 saturated carbocycles. The van der Waals surface area contributed by atoms with Crippen LogP contribution in [0.1, 0.15) is 16.8 Å². The zero-order valence-corrected chi connectivity index (χ0v) is 10.4. The molecule has 0 aliphatic carbocycles. The molecule has 1 saturated heterocycles. The van der Waals surface area contributed by atoms with Crippen LogP contribution >= 0.6 is 11.3 Å². The van der Waals surface area contributed by atoms with Crippen molar-refractivity contribution in [2.45, 2.75) is 12.5 Å². The van der Waals surface area contributed by atoms with Crippen LogP contribution in [0.3, 0.4) is 0 Å². The molecule has 1 aliphatic heterocycles. The lowest BCUT2D eigenvalue weighted by molar-refractivity contribution is 0.0771. The van der Waals surface area contributed by atoms with Gasteiger partial charge in [-0.05, 0) is 6.07 Å². The van der Waals surface area contributed by atoms with Crippen LogP contribution in [0.15, 0.2) is 34.6 Å². The van der Waals surface area contributed by atoms with Crippen LogP contribution in [-0.4, -0.2) is 35.0 Å². The van der Waals surface area contributed by atoms with Crippen LogP contribution in [0.25, 0.3) is 0 Å². The third-order valence-electron chi connectivity index (χ3n) is 2.88. The van der Waals surface area contributed by atoms with Crippen molar-refractivity contribution >= 4 is 17.2 Å². The molecule has 1 aliphatic rings. The van der Waals surface area contributed by atoms with Crippen molar-refractivity contribution in [3.05, 3.63) is 35.7 Å². The van der Waals surface area contributed by atoms with Gasteiger partial charge in [0, 0.05) is 24.5 Å². The summed E-state index contributed by atoms with van der Waals surface area (Å²) in [4.78, 5) is 17.9. The summed E-state index contributed by atoms with van der Waals surface area (Å²) in [5.74, 6) is -0.00557. The second-order valence-corrected chi connectivity index (χ2v) is 4.95. The van der Waals surface area contributed by atoms with Crippen molar-refractivity contribution in [2.24, 2.45) is 0 Å². The first-order valence-corrected chi connectivity index (χ1v) is 6.58. The average molecular weight is 264 g/mol. The molecular weight excluding hydrogens is 252 g/mol. The van der Waals surface area contributed by atoms with Gasteiger partial charge in [0.2, 0.25) is 0 Å². The Morgan fingerprint density at radius 3 is 3.28 bits per heavy atom. The highest BCUT2D eigenvalue weighted by Gasteiger charge is 2.29. The van der Waals surface area contributed by atoms with E-state index >= 15 is 0 Å². The van der Waals surface area contributed by atoms with Gasteiger partial charge in [-0.2, -0.15) is 0 Å². The fourth-order valence-corrected chi connectivity index (χ4v) is 2.54. The Bertz CT molecular complexity index is 509. The summed E-state index contributed by atoms with van der Waals surface area (Å²) in [6.45, 7) is 1.31. The van der Waals surface area contributed by atoms with E-state index in [-0.39, 0.29) is 12.0 Å². The lowest BCUT2D eigenvalue weighted by atomic mass is 10.3. The zero-order valence-electron chi connectivity index (χ0n) is 9.61. The second-order valence-electron chi connectivity index (χ2n) is 4.09. The normalized spacial score (nSPS) is 19.1. The first-order valence-electron chi connectivity index (χ1n) is 5.70. The molecule has 1 atom stereocenters. The molecule has 3 heterocycles. The van der Waals surface area contributed by atoms with Gasteiger partial charge in [0.25, 0.3) is 11.1 Å². The van der Waals surface area contributed by atoms with Crippen LogP contribution in [0, 0.1) is 0 Å². The smallest absolute Gasteiger partial charge is 0.273 e. The average Bonchev–Trinajstić information content (AvgIpc) is 3.11. The van der Waals surface area contributed by atoms with E-state index in [1.165, 1.54) is 23.9 Å². The molecule has 1 unspecified atom stereocenters. The molecule has 0 radical (unpaired) electrons. The summed E-state index contributed by atoms with van der Waals surface area (Å²) in [7, 11) is 0. The van der Waals surface area contributed by atoms with Crippen molar-refractivity contribution in [3.63, 3.8) is 0 Å². The van der Waals surface area contributed by atoms with Gasteiger partial charge in [-0.15, -0.1) is 0 Å². The molecule has 1 amide bonds. The summed E-state index contributed by atoms with van der Waals surface area (Å²) in [5.41, 5.74) is 0.588. The lowest BCUT2D eigenvalue weighted by Crippen LogP contribution is -2.30. The van der Waals surface area contributed by atoms with Crippen LogP contribution in [0.5, 0.6) is 5.19 Å². The topological polar surface area (TPSA) is 55.6 Å². The lowest BCUT2D eigenvalue weighted by Gasteiger charge is -2.15. The molecule has 3 rings (SSSR count). The standard InChI is InChI=1S/C12H12N2O3S/c15-11(9-2-5-16-8-9)14-4-1-10(7-14)17-12-13-3-6-18-12/h2-3,5-6,8,10H,1,4,7H2. The number of carbonyl (C=O) groups is 1. The fourth-order valence-electron chi connectivity index (χ4n) is 1.99. The van der Waals surface area contributed by atoms with E-state index in [4.69, 9.17) is 9.15 Å². The summed E-state index contributed by atoms with van der Waals surface area (Å²) in [5, 5.41) is 2.54. The Morgan fingerprint density at radius 2 is 2.56 bits per heavy atom. The van der Waals surface area contributed by atoms with E-state index in [0.717, 1.165) is 6.42 Å². The molecule has 0 aromatic carbocycles. The maximum absolute atomic E-state index is 12.1. The maximum Gasteiger partial charge on any atom is 0.273 e. The van der Waals surface area contributed by atoms with Crippen molar-refractivity contribution in [1.29, 1.82) is 0 Å². The molecule has 0 N–H and O–H groups in total. The van der Waals surface area contributed by atoms with Crippen LogP contribution < -0.4 is 4.74 Å². The number of nitrogens with zero attached hydrogens (tertiary/aromatic N) is 2. The number of rotatable bonds is 3. The highest BCUT2D eigenvalue weighted by molar-refractivity contribution is 7.11. The molecule has 2 aromatic rings. The highest BCUT2D eigenvalue weighted by Crippen LogP contribution is 2.21. The molecule has 5 nitrogen and oxygen atoms in total. The van der Waals surface area contributed by atoms with Gasteiger partial charge in [-0.3, -0.25) is 4.79 Å². The Hall–Kier alpha value is -1.82. The van der Waals surface area contributed by atoms with E-state index in [0.29, 0.717) is 23.8 Å². The van der Waals surface area contributed by atoms with Crippen molar-refractivity contribution in [2.75, 3.05) is 13.1 Å². The quantitative estimate of drug-likeness (QED) is 0.851. The first kappa shape index (κ1) is 11.3. The summed E-state index contributed by atoms with van der Waals surface area (Å²) >= 11 is 1.47. The van der Waals surface area contributed by atoms with Gasteiger partial charge >= 0.3 is 0 Å². The Morgan fingerprint density at radius 1 is 1.61 bits per heavy atom. The molecule has 6 heteroatoms. The summed E-state index contributed by atoms with van der Waals surface area (Å²) in [6.07, 6.45) is 5.56. The molecule has 94 valence electrons. The number of furan rings is 1. The maximum atomic E-state index is 12.1. The van der Waals surface area contributed by atoms with Gasteiger partial charge < -0.3 is 14.1 Å². The van der Waals surface area contributed by atoms with Crippen molar-refractivity contribution in [1.82, 2.24) is 9.88 Å². The zero-order chi connectivity index (χ0) is 12.4. The molecule has 18 heavy (non-hydrogen) atoms. The Labute approximate surface area is 108 Å². The highest BCUT2D eigenvalue weighted by atomic mass is 32.1. The number of hydrogen-bond donors (Lipinski definition) is 0. The van der Waals surface area contributed by atoms with E-state index in [1.807, 2.05) is 5.38 Å². The minimum absolute atomic E-state index is 0.00557. The van der Waals surface area contributed by atoms with Crippen molar-refractivity contribution in [3.8, 4) is 5.19 Å². The molecule has 0 spiro atoms. The fraction of sp³-hybridized carbons (Fsp3) is 0.333. The van der Waals surface area contributed by atoms with Gasteiger partial charge in [0.05, 0.1) is 18.4 Å². The minimum atomic E-state index is -0.00557. The predicted octanol–water partition coefficient (Wildman–Crippen LogP) is 2.03. The predicted molar refractivity (Wildman–Crippen MR) is 65.8 cm³/mol. The van der Waals surface area contributed by atoms with E-state index in [1.54, 1.807) is 17.2 Å². The Kier molecular flexibility index (Phi) is 3.02. The van der Waals surface area contributed by atoms with E-state index in [9.17, 15) is 4.79 Å². The van der Waals surface area contributed by atoms with Gasteiger partial charge in [-0.25, -0.2) is 4.98 Å². The molecule has 0 bridgehead atoms. The van der Waals surface area contributed by atoms with E-state index in [2.05, 4.69) is 4.98 Å². The molecule has 1 fully saturated rings. The molecule has 2 aromatic heterocycles. The SMILES string of the molecule is O=C(c1ccoc1)N1CCC(Oc2nccs2)C1. The largest absolute Gasteiger partial charge is 0.472 e. The second kappa shape index (κ2) is 4.81. The third-order valence-corrected chi connectivity index (χ3v) is 3.54. The van der Waals surface area contributed by atoms with Crippen molar-refractivity contribution < 1.29 is 13.9 Å².